The van der Waals surface area contributed by atoms with Gasteiger partial charge in [0.25, 0.3) is 10.0 Å². The van der Waals surface area contributed by atoms with Crippen molar-refractivity contribution in [3.8, 4) is 0 Å². The van der Waals surface area contributed by atoms with E-state index < -0.39 is 10.0 Å². The van der Waals surface area contributed by atoms with Crippen LogP contribution in [0.15, 0.2) is 44.4 Å². The van der Waals surface area contributed by atoms with Crippen LogP contribution in [0.25, 0.3) is 10.9 Å². The summed E-state index contributed by atoms with van der Waals surface area (Å²) in [5, 5.41) is 13.2. The van der Waals surface area contributed by atoms with Crippen LogP contribution in [-0.2, 0) is 10.0 Å². The third-order valence-corrected chi connectivity index (χ3v) is 8.65. The van der Waals surface area contributed by atoms with Crippen molar-refractivity contribution in [1.82, 2.24) is 14.3 Å². The molecular formula is C18H20BrN5O3S2. The molecule has 4 rings (SSSR count). The third kappa shape index (κ3) is 4.24. The number of halogens is 1. The van der Waals surface area contributed by atoms with Gasteiger partial charge in [0, 0.05) is 38.1 Å². The van der Waals surface area contributed by atoms with E-state index in [1.54, 1.807) is 12.1 Å². The second kappa shape index (κ2) is 8.52. The maximum absolute atomic E-state index is 12.8. The molecule has 0 saturated carbocycles. The van der Waals surface area contributed by atoms with Gasteiger partial charge in [-0.15, -0.1) is 11.3 Å². The van der Waals surface area contributed by atoms with Crippen molar-refractivity contribution in [1.29, 1.82) is 0 Å². The first-order chi connectivity index (χ1) is 14.0. The predicted molar refractivity (Wildman–Crippen MR) is 118 cm³/mol. The number of hydrogen-bond acceptors (Lipinski definition) is 8. The molecule has 1 aliphatic rings. The number of fused-ring (bicyclic) bond motifs is 1. The summed E-state index contributed by atoms with van der Waals surface area (Å²) in [5.74, 6) is 1.22. The molecule has 2 aromatic heterocycles. The van der Waals surface area contributed by atoms with Crippen LogP contribution in [0.5, 0.6) is 0 Å². The Hall–Kier alpha value is -1.79. The predicted octanol–water partition coefficient (Wildman–Crippen LogP) is 2.37. The lowest BCUT2D eigenvalue weighted by molar-refractivity contribution is 0.311. The summed E-state index contributed by atoms with van der Waals surface area (Å²) in [6.45, 7) is 2.14. The first-order valence-electron chi connectivity index (χ1n) is 9.11. The summed E-state index contributed by atoms with van der Waals surface area (Å²) in [6, 6.07) is 11.1. The minimum atomic E-state index is -3.49. The summed E-state index contributed by atoms with van der Waals surface area (Å²) in [6.07, 6.45) is 0. The van der Waals surface area contributed by atoms with Gasteiger partial charge >= 0.3 is 0 Å². The number of aromatic nitrogens is 2. The molecule has 1 aromatic carbocycles. The van der Waals surface area contributed by atoms with E-state index in [0.29, 0.717) is 48.7 Å². The molecule has 0 radical (unpaired) electrons. The number of hydrogen-bond donors (Lipinski definition) is 2. The van der Waals surface area contributed by atoms with E-state index >= 15 is 0 Å². The molecule has 0 unspecified atom stereocenters. The van der Waals surface area contributed by atoms with Gasteiger partial charge in [-0.3, -0.25) is 0 Å². The Morgan fingerprint density at radius 1 is 1.10 bits per heavy atom. The molecule has 3 heterocycles. The molecule has 1 fully saturated rings. The highest BCUT2D eigenvalue weighted by Crippen LogP contribution is 2.30. The van der Waals surface area contributed by atoms with E-state index in [2.05, 4.69) is 31.2 Å². The van der Waals surface area contributed by atoms with Gasteiger partial charge in [-0.25, -0.2) is 13.4 Å². The maximum Gasteiger partial charge on any atom is 0.252 e. The Morgan fingerprint density at radius 3 is 2.55 bits per heavy atom. The van der Waals surface area contributed by atoms with Gasteiger partial charge in [0.15, 0.2) is 0 Å². The number of sulfonamides is 1. The minimum Gasteiger partial charge on any atom is -0.395 e. The fraction of sp³-hybridized carbons (Fsp3) is 0.333. The second-order valence-electron chi connectivity index (χ2n) is 6.49. The van der Waals surface area contributed by atoms with Crippen molar-refractivity contribution in [3.05, 3.63) is 40.2 Å². The standard InChI is InChI=1S/C18H20BrN5O3S2/c19-15-5-6-16(28-15)29(26,27)24-10-8-23(9-11-24)18-21-14-4-2-1-3-13(14)17(22-18)20-7-12-25/h1-6,25H,7-12H2,(H,20,21,22). The van der Waals surface area contributed by atoms with E-state index in [4.69, 9.17) is 5.11 Å². The fourth-order valence-corrected chi connectivity index (χ4v) is 6.79. The van der Waals surface area contributed by atoms with Crippen molar-refractivity contribution >= 4 is 60.0 Å². The number of aliphatic hydroxyl groups excluding tert-OH is 1. The van der Waals surface area contributed by atoms with E-state index in [9.17, 15) is 8.42 Å². The highest BCUT2D eigenvalue weighted by atomic mass is 79.9. The number of nitrogens with one attached hydrogen (secondary N) is 1. The Kier molecular flexibility index (Phi) is 6.02. The average molecular weight is 498 g/mol. The Morgan fingerprint density at radius 2 is 1.86 bits per heavy atom. The number of rotatable bonds is 6. The number of piperazine rings is 1. The third-order valence-electron chi connectivity index (χ3n) is 4.66. The second-order valence-corrected chi connectivity index (χ2v) is 11.1. The summed E-state index contributed by atoms with van der Waals surface area (Å²) in [5.41, 5.74) is 0.802. The number of thiophene rings is 1. The monoisotopic (exact) mass is 497 g/mol. The van der Waals surface area contributed by atoms with Crippen LogP contribution in [-0.4, -0.2) is 67.1 Å². The van der Waals surface area contributed by atoms with E-state index in [1.165, 1.54) is 15.6 Å². The molecule has 11 heteroatoms. The van der Waals surface area contributed by atoms with Gasteiger partial charge in [-0.2, -0.15) is 9.29 Å². The van der Waals surface area contributed by atoms with Gasteiger partial charge in [-0.05, 0) is 40.2 Å². The van der Waals surface area contributed by atoms with Crippen molar-refractivity contribution in [2.75, 3.05) is 49.5 Å². The molecule has 1 saturated heterocycles. The number of anilines is 2. The molecule has 29 heavy (non-hydrogen) atoms. The zero-order valence-corrected chi connectivity index (χ0v) is 18.7. The molecule has 0 spiro atoms. The van der Waals surface area contributed by atoms with Gasteiger partial charge in [-0.1, -0.05) is 12.1 Å². The molecule has 0 atom stereocenters. The zero-order valence-electron chi connectivity index (χ0n) is 15.5. The average Bonchev–Trinajstić information content (AvgIpc) is 3.19. The lowest BCUT2D eigenvalue weighted by Crippen LogP contribution is -2.49. The van der Waals surface area contributed by atoms with Gasteiger partial charge in [0.1, 0.15) is 10.0 Å². The Labute approximate surface area is 181 Å². The Balaban J connectivity index is 1.54. The summed E-state index contributed by atoms with van der Waals surface area (Å²) < 4.78 is 28.3. The van der Waals surface area contributed by atoms with Crippen molar-refractivity contribution < 1.29 is 13.5 Å². The molecule has 154 valence electrons. The largest absolute Gasteiger partial charge is 0.395 e. The maximum atomic E-state index is 12.8. The molecule has 2 N–H and O–H groups in total. The van der Waals surface area contributed by atoms with Gasteiger partial charge in [0.05, 0.1) is 15.9 Å². The van der Waals surface area contributed by atoms with Crippen LogP contribution in [0.1, 0.15) is 0 Å². The lowest BCUT2D eigenvalue weighted by Gasteiger charge is -2.34. The molecular weight excluding hydrogens is 478 g/mol. The smallest absolute Gasteiger partial charge is 0.252 e. The van der Waals surface area contributed by atoms with Crippen LogP contribution in [0.2, 0.25) is 0 Å². The van der Waals surface area contributed by atoms with Gasteiger partial charge < -0.3 is 15.3 Å². The quantitative estimate of drug-likeness (QED) is 0.539. The minimum absolute atomic E-state index is 0.00301. The fourth-order valence-electron chi connectivity index (χ4n) is 3.21. The topological polar surface area (TPSA) is 98.7 Å². The summed E-state index contributed by atoms with van der Waals surface area (Å²) in [7, 11) is -3.49. The normalized spacial score (nSPS) is 15.7. The van der Waals surface area contributed by atoms with E-state index in [-0.39, 0.29) is 6.61 Å². The number of benzene rings is 1. The lowest BCUT2D eigenvalue weighted by atomic mass is 10.2. The Bertz CT molecular complexity index is 1110. The van der Waals surface area contributed by atoms with Crippen LogP contribution in [0, 0.1) is 0 Å². The van der Waals surface area contributed by atoms with E-state index in [0.717, 1.165) is 14.7 Å². The van der Waals surface area contributed by atoms with Crippen LogP contribution in [0.4, 0.5) is 11.8 Å². The van der Waals surface area contributed by atoms with Gasteiger partial charge in [0.2, 0.25) is 5.95 Å². The highest BCUT2D eigenvalue weighted by molar-refractivity contribution is 9.11. The molecule has 0 bridgehead atoms. The molecule has 0 aliphatic carbocycles. The van der Waals surface area contributed by atoms with Crippen molar-refractivity contribution in [3.63, 3.8) is 0 Å². The van der Waals surface area contributed by atoms with Crippen LogP contribution >= 0.6 is 27.3 Å². The van der Waals surface area contributed by atoms with Crippen molar-refractivity contribution in [2.24, 2.45) is 0 Å². The van der Waals surface area contributed by atoms with Crippen LogP contribution in [0.3, 0.4) is 0 Å². The first kappa shape index (κ1) is 20.5. The molecule has 8 nitrogen and oxygen atoms in total. The molecule has 1 aliphatic heterocycles. The summed E-state index contributed by atoms with van der Waals surface area (Å²) in [4.78, 5) is 11.3. The summed E-state index contributed by atoms with van der Waals surface area (Å²) >= 11 is 4.54. The van der Waals surface area contributed by atoms with E-state index in [1.807, 2.05) is 29.2 Å². The molecule has 0 amide bonds. The molecule has 3 aromatic rings. The van der Waals surface area contributed by atoms with Crippen molar-refractivity contribution in [2.45, 2.75) is 4.21 Å². The zero-order chi connectivity index (χ0) is 20.4. The highest BCUT2D eigenvalue weighted by Gasteiger charge is 2.30. The number of aliphatic hydroxyl groups is 1. The first-order valence-corrected chi connectivity index (χ1v) is 12.2. The van der Waals surface area contributed by atoms with Crippen LogP contribution < -0.4 is 10.2 Å². The SMILES string of the molecule is O=S(=O)(c1ccc(Br)s1)N1CCN(c2nc(NCCO)c3ccccc3n2)CC1. The number of para-hydroxylation sites is 1. The number of nitrogens with zero attached hydrogens (tertiary/aromatic N) is 4.